The van der Waals surface area contributed by atoms with Gasteiger partial charge >= 0.3 is 0 Å². The molecular weight excluding hydrogens is 392 g/mol. The Morgan fingerprint density at radius 2 is 1.85 bits per heavy atom. The number of hydrogen-bond donors (Lipinski definition) is 1. The minimum Gasteiger partial charge on any atom is -0.326 e. The van der Waals surface area contributed by atoms with Crippen molar-refractivity contribution >= 4 is 39.1 Å². The molecule has 1 fully saturated rings. The zero-order valence-electron chi connectivity index (χ0n) is 15.0. The normalized spacial score (nSPS) is 18.0. The SMILES string of the molecule is CC[C@@H](C)c1ccc(NC(=O)[C@@H]2CC(=O)N(c3ccc(Br)cc3)C2)cc1. The molecule has 2 atom stereocenters. The van der Waals surface area contributed by atoms with Crippen molar-refractivity contribution < 1.29 is 9.59 Å². The molecule has 3 rings (SSSR count). The third kappa shape index (κ3) is 4.15. The smallest absolute Gasteiger partial charge is 0.229 e. The van der Waals surface area contributed by atoms with Crippen molar-refractivity contribution in [1.82, 2.24) is 0 Å². The second kappa shape index (κ2) is 8.04. The van der Waals surface area contributed by atoms with E-state index < -0.39 is 0 Å². The molecule has 0 aromatic heterocycles. The first-order chi connectivity index (χ1) is 12.5. The number of carbonyl (C=O) groups is 2. The van der Waals surface area contributed by atoms with E-state index in [1.54, 1.807) is 4.90 Å². The lowest BCUT2D eigenvalue weighted by molar-refractivity contribution is -0.122. The first-order valence-electron chi connectivity index (χ1n) is 8.94. The fraction of sp³-hybridized carbons (Fsp3) is 0.333. The molecular formula is C21H23BrN2O2. The van der Waals surface area contributed by atoms with E-state index in [1.807, 2.05) is 36.4 Å². The van der Waals surface area contributed by atoms with Gasteiger partial charge in [-0.3, -0.25) is 9.59 Å². The lowest BCUT2D eigenvalue weighted by Gasteiger charge is -2.17. The fourth-order valence-corrected chi connectivity index (χ4v) is 3.39. The van der Waals surface area contributed by atoms with Crippen LogP contribution in [0.15, 0.2) is 53.0 Å². The van der Waals surface area contributed by atoms with E-state index in [4.69, 9.17) is 0 Å². The number of halogens is 1. The molecule has 2 amide bonds. The first kappa shape index (κ1) is 18.6. The molecule has 5 heteroatoms. The highest BCUT2D eigenvalue weighted by molar-refractivity contribution is 9.10. The Labute approximate surface area is 162 Å². The van der Waals surface area contributed by atoms with E-state index in [-0.39, 0.29) is 24.2 Å². The van der Waals surface area contributed by atoms with Gasteiger partial charge in [-0.2, -0.15) is 0 Å². The van der Waals surface area contributed by atoms with E-state index in [2.05, 4.69) is 47.2 Å². The molecule has 2 aromatic rings. The van der Waals surface area contributed by atoms with E-state index in [9.17, 15) is 9.59 Å². The minimum atomic E-state index is -0.333. The highest BCUT2D eigenvalue weighted by atomic mass is 79.9. The second-order valence-corrected chi connectivity index (χ2v) is 7.72. The number of benzene rings is 2. The van der Waals surface area contributed by atoms with Gasteiger partial charge in [0.1, 0.15) is 0 Å². The highest BCUT2D eigenvalue weighted by Crippen LogP contribution is 2.27. The zero-order chi connectivity index (χ0) is 18.7. The van der Waals surface area contributed by atoms with Crippen LogP contribution in [0.25, 0.3) is 0 Å². The molecule has 0 radical (unpaired) electrons. The van der Waals surface area contributed by atoms with Crippen LogP contribution < -0.4 is 10.2 Å². The summed E-state index contributed by atoms with van der Waals surface area (Å²) in [5.74, 6) is 0.0564. The van der Waals surface area contributed by atoms with E-state index >= 15 is 0 Å². The number of carbonyl (C=O) groups excluding carboxylic acids is 2. The summed E-state index contributed by atoms with van der Waals surface area (Å²) in [7, 11) is 0. The number of amides is 2. The molecule has 2 aromatic carbocycles. The van der Waals surface area contributed by atoms with Crippen LogP contribution in [0.4, 0.5) is 11.4 Å². The van der Waals surface area contributed by atoms with Crippen molar-refractivity contribution in [2.75, 3.05) is 16.8 Å². The fourth-order valence-electron chi connectivity index (χ4n) is 3.13. The van der Waals surface area contributed by atoms with Gasteiger partial charge in [0.2, 0.25) is 11.8 Å². The molecule has 0 spiro atoms. The van der Waals surface area contributed by atoms with Crippen molar-refractivity contribution in [3.05, 3.63) is 58.6 Å². The number of rotatable bonds is 5. The molecule has 1 N–H and O–H groups in total. The average Bonchev–Trinajstić information content (AvgIpc) is 3.04. The van der Waals surface area contributed by atoms with Gasteiger partial charge in [0.05, 0.1) is 5.92 Å². The topological polar surface area (TPSA) is 49.4 Å². The predicted octanol–water partition coefficient (Wildman–Crippen LogP) is 4.95. The minimum absolute atomic E-state index is 0.0143. The lowest BCUT2D eigenvalue weighted by Crippen LogP contribution is -2.28. The average molecular weight is 415 g/mol. The summed E-state index contributed by atoms with van der Waals surface area (Å²) in [6.07, 6.45) is 1.33. The molecule has 1 aliphatic heterocycles. The maximum atomic E-state index is 12.6. The molecule has 1 heterocycles. The summed E-state index contributed by atoms with van der Waals surface area (Å²) < 4.78 is 0.961. The molecule has 1 aliphatic rings. The number of anilines is 2. The summed E-state index contributed by atoms with van der Waals surface area (Å²) in [6.45, 7) is 4.76. The summed E-state index contributed by atoms with van der Waals surface area (Å²) in [5, 5.41) is 2.94. The van der Waals surface area contributed by atoms with Crippen LogP contribution in [0.3, 0.4) is 0 Å². The van der Waals surface area contributed by atoms with Gasteiger partial charge in [0.25, 0.3) is 0 Å². The number of hydrogen-bond acceptors (Lipinski definition) is 2. The molecule has 4 nitrogen and oxygen atoms in total. The summed E-state index contributed by atoms with van der Waals surface area (Å²) >= 11 is 3.39. The van der Waals surface area contributed by atoms with Gasteiger partial charge in [0, 0.05) is 28.8 Å². The second-order valence-electron chi connectivity index (χ2n) is 6.80. The number of nitrogens with one attached hydrogen (secondary N) is 1. The van der Waals surface area contributed by atoms with Gasteiger partial charge in [0.15, 0.2) is 0 Å². The standard InChI is InChI=1S/C21H23BrN2O2/c1-3-14(2)15-4-8-18(9-5-15)23-21(26)16-12-20(25)24(13-16)19-10-6-17(22)7-11-19/h4-11,14,16H,3,12-13H2,1-2H3,(H,23,26)/t14-,16-/m1/s1. The van der Waals surface area contributed by atoms with E-state index in [1.165, 1.54) is 5.56 Å². The molecule has 26 heavy (non-hydrogen) atoms. The molecule has 0 aliphatic carbocycles. The van der Waals surface area contributed by atoms with Gasteiger partial charge in [-0.25, -0.2) is 0 Å². The van der Waals surface area contributed by atoms with Crippen LogP contribution in [-0.4, -0.2) is 18.4 Å². The maximum absolute atomic E-state index is 12.6. The molecule has 1 saturated heterocycles. The molecule has 136 valence electrons. The van der Waals surface area contributed by atoms with E-state index in [0.717, 1.165) is 22.3 Å². The Kier molecular flexibility index (Phi) is 5.77. The van der Waals surface area contributed by atoms with Gasteiger partial charge in [-0.15, -0.1) is 0 Å². The van der Waals surface area contributed by atoms with Crippen molar-refractivity contribution in [1.29, 1.82) is 0 Å². The van der Waals surface area contributed by atoms with Crippen LogP contribution in [0.1, 0.15) is 38.2 Å². The quantitative estimate of drug-likeness (QED) is 0.751. The van der Waals surface area contributed by atoms with Crippen molar-refractivity contribution in [3.8, 4) is 0 Å². The van der Waals surface area contributed by atoms with Crippen LogP contribution in [0.5, 0.6) is 0 Å². The van der Waals surface area contributed by atoms with Crippen LogP contribution in [0, 0.1) is 5.92 Å². The maximum Gasteiger partial charge on any atom is 0.229 e. The molecule has 0 unspecified atom stereocenters. The first-order valence-corrected chi connectivity index (χ1v) is 9.74. The Morgan fingerprint density at radius 3 is 2.46 bits per heavy atom. The third-order valence-electron chi connectivity index (χ3n) is 4.99. The monoisotopic (exact) mass is 414 g/mol. The van der Waals surface area contributed by atoms with Gasteiger partial charge in [-0.05, 0) is 54.3 Å². The third-order valence-corrected chi connectivity index (χ3v) is 5.52. The van der Waals surface area contributed by atoms with Crippen molar-refractivity contribution in [2.45, 2.75) is 32.6 Å². The van der Waals surface area contributed by atoms with Crippen LogP contribution in [0.2, 0.25) is 0 Å². The molecule has 0 bridgehead atoms. The van der Waals surface area contributed by atoms with Gasteiger partial charge in [-0.1, -0.05) is 41.9 Å². The van der Waals surface area contributed by atoms with E-state index in [0.29, 0.717) is 12.5 Å². The van der Waals surface area contributed by atoms with Crippen molar-refractivity contribution in [3.63, 3.8) is 0 Å². The highest BCUT2D eigenvalue weighted by Gasteiger charge is 2.35. The predicted molar refractivity (Wildman–Crippen MR) is 108 cm³/mol. The largest absolute Gasteiger partial charge is 0.326 e. The Hall–Kier alpha value is -2.14. The summed E-state index contributed by atoms with van der Waals surface area (Å²) in [6, 6.07) is 15.5. The molecule has 0 saturated carbocycles. The lowest BCUT2D eigenvalue weighted by atomic mass is 9.98. The van der Waals surface area contributed by atoms with Gasteiger partial charge < -0.3 is 10.2 Å². The zero-order valence-corrected chi connectivity index (χ0v) is 16.6. The number of nitrogens with zero attached hydrogens (tertiary/aromatic N) is 1. The summed E-state index contributed by atoms with van der Waals surface area (Å²) in [4.78, 5) is 26.6. The summed E-state index contributed by atoms with van der Waals surface area (Å²) in [5.41, 5.74) is 2.87. The van der Waals surface area contributed by atoms with Crippen molar-refractivity contribution in [2.24, 2.45) is 5.92 Å². The van der Waals surface area contributed by atoms with Crippen LogP contribution in [-0.2, 0) is 9.59 Å². The van der Waals surface area contributed by atoms with Crippen LogP contribution >= 0.6 is 15.9 Å². The Balaban J connectivity index is 1.63. The Morgan fingerprint density at radius 1 is 1.19 bits per heavy atom. The Bertz CT molecular complexity index is 787.